The molecular formula is C29H30N4O5S2. The summed E-state index contributed by atoms with van der Waals surface area (Å²) < 4.78 is 28.8. The number of carbonyl (C=O) groups excluding carboxylic acids is 1. The SMILES string of the molecule is CSCC[C@H](NC(=O)c1ccc(N(Cc2cnc[nH]2)S(=O)(=O)Cc2ccccc2)cc1-c1ccccc1)C(=O)O. The normalized spacial score (nSPS) is 12.0. The van der Waals surface area contributed by atoms with Crippen molar-refractivity contribution in [1.29, 1.82) is 0 Å². The predicted molar refractivity (Wildman–Crippen MR) is 158 cm³/mol. The molecule has 0 fully saturated rings. The van der Waals surface area contributed by atoms with Crippen LogP contribution in [0.3, 0.4) is 0 Å². The number of carboxylic acids is 1. The lowest BCUT2D eigenvalue weighted by Gasteiger charge is -2.25. The maximum atomic E-state index is 13.8. The summed E-state index contributed by atoms with van der Waals surface area (Å²) in [5.41, 5.74) is 3.01. The average molecular weight is 579 g/mol. The van der Waals surface area contributed by atoms with Gasteiger partial charge in [-0.3, -0.25) is 9.10 Å². The zero-order valence-electron chi connectivity index (χ0n) is 21.9. The molecule has 4 rings (SSSR count). The Labute approximate surface area is 237 Å². The van der Waals surface area contributed by atoms with E-state index in [0.29, 0.717) is 33.8 Å². The minimum absolute atomic E-state index is 0.00467. The van der Waals surface area contributed by atoms with Crippen LogP contribution in [0.25, 0.3) is 11.1 Å². The number of sulfonamides is 1. The van der Waals surface area contributed by atoms with Crippen LogP contribution in [0.4, 0.5) is 5.69 Å². The van der Waals surface area contributed by atoms with Crippen molar-refractivity contribution in [3.8, 4) is 11.1 Å². The smallest absolute Gasteiger partial charge is 0.326 e. The summed E-state index contributed by atoms with van der Waals surface area (Å²) in [4.78, 5) is 32.1. The van der Waals surface area contributed by atoms with Crippen LogP contribution in [0.1, 0.15) is 28.0 Å². The first kappa shape index (κ1) is 28.9. The van der Waals surface area contributed by atoms with E-state index in [2.05, 4.69) is 15.3 Å². The van der Waals surface area contributed by atoms with E-state index in [-0.39, 0.29) is 24.3 Å². The summed E-state index contributed by atoms with van der Waals surface area (Å²) in [5.74, 6) is -1.31. The van der Waals surface area contributed by atoms with Gasteiger partial charge in [0.25, 0.3) is 5.91 Å². The van der Waals surface area contributed by atoms with Gasteiger partial charge in [-0.05, 0) is 53.3 Å². The fourth-order valence-electron chi connectivity index (χ4n) is 4.21. The molecule has 0 radical (unpaired) electrons. The molecule has 1 heterocycles. The standard InChI is InChI=1S/C29H30N4O5S2/c1-39-15-14-27(29(35)36)32-28(34)25-13-12-24(16-26(25)22-10-6-3-7-11-22)33(18-23-17-30-20-31-23)40(37,38)19-21-8-4-2-5-9-21/h2-13,16-17,20,27H,14-15,18-19H2,1H3,(H,30,31)(H,32,34)(H,35,36)/t27-/m0/s1. The van der Waals surface area contributed by atoms with Crippen molar-refractivity contribution in [2.45, 2.75) is 24.8 Å². The van der Waals surface area contributed by atoms with Crippen LogP contribution in [0, 0.1) is 0 Å². The lowest BCUT2D eigenvalue weighted by atomic mass is 9.98. The number of hydrogen-bond acceptors (Lipinski definition) is 6. The number of imidazole rings is 1. The van der Waals surface area contributed by atoms with E-state index in [1.54, 1.807) is 48.7 Å². The van der Waals surface area contributed by atoms with Gasteiger partial charge in [0.2, 0.25) is 10.0 Å². The van der Waals surface area contributed by atoms with Crippen LogP contribution >= 0.6 is 11.8 Å². The zero-order chi connectivity index (χ0) is 28.5. The number of carboxylic acid groups (broad SMARTS) is 1. The molecule has 9 nitrogen and oxygen atoms in total. The number of anilines is 1. The number of thioether (sulfide) groups is 1. The first-order valence-electron chi connectivity index (χ1n) is 12.5. The van der Waals surface area contributed by atoms with Crippen molar-refractivity contribution in [2.75, 3.05) is 16.3 Å². The van der Waals surface area contributed by atoms with Gasteiger partial charge in [0.1, 0.15) is 6.04 Å². The Morgan fingerprint density at radius 1 is 1.05 bits per heavy atom. The van der Waals surface area contributed by atoms with Crippen LogP contribution in [0.2, 0.25) is 0 Å². The number of aromatic amines is 1. The molecule has 3 N–H and O–H groups in total. The molecule has 1 aromatic heterocycles. The summed E-state index contributed by atoms with van der Waals surface area (Å²) in [7, 11) is -3.87. The highest BCUT2D eigenvalue weighted by Gasteiger charge is 2.27. The number of aromatic nitrogens is 2. The first-order valence-corrected chi connectivity index (χ1v) is 15.5. The maximum absolute atomic E-state index is 13.8. The van der Waals surface area contributed by atoms with Gasteiger partial charge in [0.05, 0.1) is 30.0 Å². The lowest BCUT2D eigenvalue weighted by Crippen LogP contribution is -2.41. The highest BCUT2D eigenvalue weighted by Crippen LogP contribution is 2.32. The minimum atomic E-state index is -3.87. The summed E-state index contributed by atoms with van der Waals surface area (Å²) in [6, 6.07) is 21.7. The molecule has 0 unspecified atom stereocenters. The van der Waals surface area contributed by atoms with Gasteiger partial charge in [0.15, 0.2) is 0 Å². The van der Waals surface area contributed by atoms with Crippen molar-refractivity contribution in [1.82, 2.24) is 15.3 Å². The van der Waals surface area contributed by atoms with Gasteiger partial charge in [-0.1, -0.05) is 60.7 Å². The van der Waals surface area contributed by atoms with Crippen molar-refractivity contribution in [2.24, 2.45) is 0 Å². The monoisotopic (exact) mass is 578 g/mol. The number of H-pyrrole nitrogens is 1. The number of hydrogen-bond donors (Lipinski definition) is 3. The summed E-state index contributed by atoms with van der Waals surface area (Å²) in [6.07, 6.45) is 5.19. The quantitative estimate of drug-likeness (QED) is 0.212. The molecule has 1 amide bonds. The molecule has 0 aliphatic heterocycles. The van der Waals surface area contributed by atoms with Gasteiger partial charge in [0, 0.05) is 11.8 Å². The molecule has 0 spiro atoms. The molecule has 4 aromatic rings. The molecule has 11 heteroatoms. The van der Waals surface area contributed by atoms with Gasteiger partial charge >= 0.3 is 5.97 Å². The van der Waals surface area contributed by atoms with Gasteiger partial charge in [-0.25, -0.2) is 18.2 Å². The van der Waals surface area contributed by atoms with Crippen molar-refractivity contribution < 1.29 is 23.1 Å². The summed E-state index contributed by atoms with van der Waals surface area (Å²) >= 11 is 1.50. The van der Waals surface area contributed by atoms with E-state index >= 15 is 0 Å². The maximum Gasteiger partial charge on any atom is 0.326 e. The van der Waals surface area contributed by atoms with Gasteiger partial charge in [-0.15, -0.1) is 0 Å². The topological polar surface area (TPSA) is 132 Å². The summed E-state index contributed by atoms with van der Waals surface area (Å²) in [6.45, 7) is 0.00467. The first-order chi connectivity index (χ1) is 19.3. The van der Waals surface area contributed by atoms with E-state index in [1.807, 2.05) is 42.7 Å². The molecule has 40 heavy (non-hydrogen) atoms. The van der Waals surface area contributed by atoms with Gasteiger partial charge < -0.3 is 15.4 Å². The van der Waals surface area contributed by atoms with Crippen LogP contribution in [-0.2, 0) is 27.1 Å². The van der Waals surface area contributed by atoms with Crippen LogP contribution in [0.5, 0.6) is 0 Å². The van der Waals surface area contributed by atoms with Crippen LogP contribution < -0.4 is 9.62 Å². The second-order valence-electron chi connectivity index (χ2n) is 9.07. The van der Waals surface area contributed by atoms with E-state index in [9.17, 15) is 23.1 Å². The number of nitrogens with one attached hydrogen (secondary N) is 2. The molecule has 1 atom stereocenters. The Morgan fingerprint density at radius 3 is 2.38 bits per heavy atom. The van der Waals surface area contributed by atoms with E-state index in [4.69, 9.17) is 0 Å². The van der Waals surface area contributed by atoms with Crippen LogP contribution in [0.15, 0.2) is 91.4 Å². The number of nitrogens with zero attached hydrogens (tertiary/aromatic N) is 2. The predicted octanol–water partition coefficient (Wildman–Crippen LogP) is 4.55. The molecule has 0 saturated carbocycles. The molecule has 0 aliphatic rings. The Morgan fingerprint density at radius 2 is 1.75 bits per heavy atom. The fraction of sp³-hybridized carbons (Fsp3) is 0.207. The second-order valence-corrected chi connectivity index (χ2v) is 11.9. The molecule has 3 aromatic carbocycles. The van der Waals surface area contributed by atoms with E-state index < -0.39 is 27.9 Å². The zero-order valence-corrected chi connectivity index (χ0v) is 23.5. The fourth-order valence-corrected chi connectivity index (χ4v) is 6.22. The highest BCUT2D eigenvalue weighted by molar-refractivity contribution is 7.98. The van der Waals surface area contributed by atoms with Crippen LogP contribution in [-0.4, -0.2) is 53.4 Å². The molecular weight excluding hydrogens is 548 g/mol. The molecule has 0 saturated heterocycles. The Hall–Kier alpha value is -4.09. The minimum Gasteiger partial charge on any atom is -0.480 e. The third-order valence-corrected chi connectivity index (χ3v) is 8.58. The van der Waals surface area contributed by atoms with Crippen molar-refractivity contribution in [3.05, 3.63) is 108 Å². The number of amides is 1. The van der Waals surface area contributed by atoms with Gasteiger partial charge in [-0.2, -0.15) is 11.8 Å². The van der Waals surface area contributed by atoms with E-state index in [1.165, 1.54) is 22.4 Å². The number of carbonyl (C=O) groups is 2. The Balaban J connectivity index is 1.77. The highest BCUT2D eigenvalue weighted by atomic mass is 32.2. The van der Waals surface area contributed by atoms with Crippen molar-refractivity contribution >= 4 is 39.3 Å². The average Bonchev–Trinajstić information content (AvgIpc) is 3.47. The summed E-state index contributed by atoms with van der Waals surface area (Å²) in [5, 5.41) is 12.3. The van der Waals surface area contributed by atoms with Crippen molar-refractivity contribution in [3.63, 3.8) is 0 Å². The second kappa shape index (κ2) is 13.3. The lowest BCUT2D eigenvalue weighted by molar-refractivity contribution is -0.139. The molecule has 208 valence electrons. The third kappa shape index (κ3) is 7.30. The number of benzene rings is 3. The molecule has 0 aliphatic carbocycles. The molecule has 0 bridgehead atoms. The van der Waals surface area contributed by atoms with E-state index in [0.717, 1.165) is 0 Å². The Kier molecular flexibility index (Phi) is 9.62. The Bertz CT molecular complexity index is 1530. The number of aliphatic carboxylic acids is 1. The third-order valence-electron chi connectivity index (χ3n) is 6.23. The number of rotatable bonds is 13. The largest absolute Gasteiger partial charge is 0.480 e.